The Morgan fingerprint density at radius 2 is 1.75 bits per heavy atom. The van der Waals surface area contributed by atoms with Gasteiger partial charge in [0.1, 0.15) is 0 Å². The third kappa shape index (κ3) is 3.06. The third-order valence-electron chi connectivity index (χ3n) is 5.85. The third-order valence-corrected chi connectivity index (χ3v) is 5.85. The predicted octanol–water partition coefficient (Wildman–Crippen LogP) is 4.14. The molecule has 0 aromatic carbocycles. The van der Waals surface area contributed by atoms with Gasteiger partial charge in [-0.1, -0.05) is 19.3 Å². The van der Waals surface area contributed by atoms with Crippen molar-refractivity contribution in [2.45, 2.75) is 83.8 Å². The van der Waals surface area contributed by atoms with Crippen molar-refractivity contribution in [2.24, 2.45) is 17.3 Å². The zero-order valence-electron chi connectivity index (χ0n) is 13.7. The van der Waals surface area contributed by atoms with Gasteiger partial charge in [-0.3, -0.25) is 0 Å². The van der Waals surface area contributed by atoms with Crippen molar-refractivity contribution in [1.82, 2.24) is 5.32 Å². The first-order valence-electron chi connectivity index (χ1n) is 8.88. The predicted molar refractivity (Wildman–Crippen MR) is 83.8 cm³/mol. The first-order valence-corrected chi connectivity index (χ1v) is 8.88. The smallest absolute Gasteiger partial charge is 0.0675 e. The van der Waals surface area contributed by atoms with Gasteiger partial charge in [-0.15, -0.1) is 0 Å². The van der Waals surface area contributed by atoms with Crippen LogP contribution < -0.4 is 5.32 Å². The molecule has 2 saturated carbocycles. The molecule has 2 unspecified atom stereocenters. The van der Waals surface area contributed by atoms with E-state index in [9.17, 15) is 0 Å². The summed E-state index contributed by atoms with van der Waals surface area (Å²) in [6.45, 7) is 9.06. The first-order chi connectivity index (χ1) is 9.51. The van der Waals surface area contributed by atoms with Gasteiger partial charge in [0.15, 0.2) is 0 Å². The van der Waals surface area contributed by atoms with Crippen molar-refractivity contribution in [1.29, 1.82) is 0 Å². The highest BCUT2D eigenvalue weighted by Gasteiger charge is 2.54. The topological polar surface area (TPSA) is 21.3 Å². The van der Waals surface area contributed by atoms with Gasteiger partial charge in [0.25, 0.3) is 0 Å². The molecule has 1 saturated heterocycles. The molecule has 1 heterocycles. The fourth-order valence-corrected chi connectivity index (χ4v) is 4.57. The van der Waals surface area contributed by atoms with Crippen molar-refractivity contribution in [3.63, 3.8) is 0 Å². The highest BCUT2D eigenvalue weighted by atomic mass is 16.5. The summed E-state index contributed by atoms with van der Waals surface area (Å²) in [5, 5.41) is 3.83. The zero-order valence-corrected chi connectivity index (χ0v) is 13.7. The summed E-state index contributed by atoms with van der Waals surface area (Å²) in [4.78, 5) is 0. The van der Waals surface area contributed by atoms with Gasteiger partial charge in [0.05, 0.1) is 6.10 Å². The van der Waals surface area contributed by atoms with Gasteiger partial charge in [-0.05, 0) is 64.7 Å². The Hall–Kier alpha value is -0.0800. The van der Waals surface area contributed by atoms with E-state index in [1.54, 1.807) is 0 Å². The fourth-order valence-electron chi connectivity index (χ4n) is 4.57. The van der Waals surface area contributed by atoms with Crippen LogP contribution in [-0.4, -0.2) is 24.8 Å². The average Bonchev–Trinajstić information content (AvgIpc) is 3.17. The van der Waals surface area contributed by atoms with Crippen molar-refractivity contribution in [3.05, 3.63) is 0 Å². The minimum absolute atomic E-state index is 0.221. The minimum atomic E-state index is 0.221. The SMILES string of the molecule is CC(C)(C)NCC1(C2CCCCC2)CCOC1C1CC1. The maximum atomic E-state index is 6.27. The minimum Gasteiger partial charge on any atom is -0.377 e. The molecule has 0 aromatic heterocycles. The molecule has 2 aliphatic carbocycles. The van der Waals surface area contributed by atoms with E-state index in [-0.39, 0.29) is 5.54 Å². The number of hydrogen-bond donors (Lipinski definition) is 1. The molecule has 0 radical (unpaired) electrons. The number of ether oxygens (including phenoxy) is 1. The van der Waals surface area contributed by atoms with Crippen LogP contribution in [0.2, 0.25) is 0 Å². The molecule has 20 heavy (non-hydrogen) atoms. The van der Waals surface area contributed by atoms with Gasteiger partial charge in [0, 0.05) is 24.1 Å². The molecule has 1 N–H and O–H groups in total. The largest absolute Gasteiger partial charge is 0.377 e. The van der Waals surface area contributed by atoms with E-state index in [0.717, 1.165) is 18.4 Å². The van der Waals surface area contributed by atoms with E-state index in [1.807, 2.05) is 0 Å². The molecule has 2 nitrogen and oxygen atoms in total. The van der Waals surface area contributed by atoms with Crippen LogP contribution in [0.4, 0.5) is 0 Å². The maximum absolute atomic E-state index is 6.27. The summed E-state index contributed by atoms with van der Waals surface area (Å²) < 4.78 is 6.27. The van der Waals surface area contributed by atoms with Crippen LogP contribution in [0, 0.1) is 17.3 Å². The van der Waals surface area contributed by atoms with Crippen molar-refractivity contribution >= 4 is 0 Å². The molecule has 2 atom stereocenters. The quantitative estimate of drug-likeness (QED) is 0.835. The second kappa shape index (κ2) is 5.61. The van der Waals surface area contributed by atoms with Gasteiger partial charge >= 0.3 is 0 Å². The maximum Gasteiger partial charge on any atom is 0.0675 e. The molecular formula is C18H33NO. The van der Waals surface area contributed by atoms with Gasteiger partial charge in [0.2, 0.25) is 0 Å². The lowest BCUT2D eigenvalue weighted by atomic mass is 9.63. The highest BCUT2D eigenvalue weighted by Crippen LogP contribution is 2.54. The normalized spacial score (nSPS) is 36.5. The summed E-state index contributed by atoms with van der Waals surface area (Å²) in [7, 11) is 0. The fraction of sp³-hybridized carbons (Fsp3) is 1.00. The molecule has 116 valence electrons. The Labute approximate surface area is 125 Å². The van der Waals surface area contributed by atoms with Crippen molar-refractivity contribution in [2.75, 3.05) is 13.2 Å². The lowest BCUT2D eigenvalue weighted by Crippen LogP contribution is -2.51. The second-order valence-corrected chi connectivity index (χ2v) is 8.55. The molecule has 1 aliphatic heterocycles. The number of hydrogen-bond acceptors (Lipinski definition) is 2. The van der Waals surface area contributed by atoms with Gasteiger partial charge in [-0.2, -0.15) is 0 Å². The van der Waals surface area contributed by atoms with E-state index >= 15 is 0 Å². The van der Waals surface area contributed by atoms with E-state index in [4.69, 9.17) is 4.74 Å². The summed E-state index contributed by atoms with van der Waals surface area (Å²) in [5.74, 6) is 1.78. The first kappa shape index (κ1) is 14.8. The molecule has 3 aliphatic rings. The molecule has 0 aromatic rings. The zero-order chi connectivity index (χ0) is 14.2. The van der Waals surface area contributed by atoms with Gasteiger partial charge < -0.3 is 10.1 Å². The van der Waals surface area contributed by atoms with Crippen LogP contribution in [0.5, 0.6) is 0 Å². The average molecular weight is 279 g/mol. The Morgan fingerprint density at radius 1 is 1.05 bits per heavy atom. The van der Waals surface area contributed by atoms with Crippen molar-refractivity contribution in [3.8, 4) is 0 Å². The van der Waals surface area contributed by atoms with Crippen molar-refractivity contribution < 1.29 is 4.74 Å². The lowest BCUT2D eigenvalue weighted by molar-refractivity contribution is -0.0141. The van der Waals surface area contributed by atoms with E-state index < -0.39 is 0 Å². The van der Waals surface area contributed by atoms with Gasteiger partial charge in [-0.25, -0.2) is 0 Å². The Balaban J connectivity index is 1.77. The molecule has 2 heteroatoms. The van der Waals surface area contributed by atoms with E-state index in [0.29, 0.717) is 11.5 Å². The molecule has 0 amide bonds. The van der Waals surface area contributed by atoms with Crippen LogP contribution in [0.3, 0.4) is 0 Å². The molecule has 0 bridgehead atoms. The molecule has 3 rings (SSSR count). The summed E-state index contributed by atoms with van der Waals surface area (Å²) in [6.07, 6.45) is 11.9. The summed E-state index contributed by atoms with van der Waals surface area (Å²) >= 11 is 0. The molecule has 3 fully saturated rings. The standard InChI is InChI=1S/C18H33NO/c1-17(2,3)19-13-18(15-7-5-4-6-8-15)11-12-20-16(18)14-9-10-14/h14-16,19H,4-13H2,1-3H3. The second-order valence-electron chi connectivity index (χ2n) is 8.55. The Bertz CT molecular complexity index is 325. The van der Waals surface area contributed by atoms with Crippen LogP contribution >= 0.6 is 0 Å². The molecular weight excluding hydrogens is 246 g/mol. The lowest BCUT2D eigenvalue weighted by Gasteiger charge is -2.45. The number of rotatable bonds is 4. The summed E-state index contributed by atoms with van der Waals surface area (Å²) in [6, 6.07) is 0. The van der Waals surface area contributed by atoms with Crippen LogP contribution in [0.25, 0.3) is 0 Å². The molecule has 0 spiro atoms. The Morgan fingerprint density at radius 3 is 2.35 bits per heavy atom. The van der Waals surface area contributed by atoms with Crippen LogP contribution in [0.15, 0.2) is 0 Å². The number of nitrogens with one attached hydrogen (secondary N) is 1. The van der Waals surface area contributed by atoms with E-state index in [1.165, 1.54) is 57.9 Å². The van der Waals surface area contributed by atoms with Crippen LogP contribution in [0.1, 0.15) is 72.1 Å². The summed E-state index contributed by atoms with van der Waals surface area (Å²) in [5.41, 5.74) is 0.660. The van der Waals surface area contributed by atoms with E-state index in [2.05, 4.69) is 26.1 Å². The highest BCUT2D eigenvalue weighted by molar-refractivity contribution is 5.04. The van der Waals surface area contributed by atoms with Crippen LogP contribution in [-0.2, 0) is 4.74 Å². The monoisotopic (exact) mass is 279 g/mol. The Kier molecular flexibility index (Phi) is 4.16.